The van der Waals surface area contributed by atoms with Gasteiger partial charge in [-0.2, -0.15) is 0 Å². The van der Waals surface area contributed by atoms with Crippen molar-refractivity contribution in [3.8, 4) is 5.75 Å². The van der Waals surface area contributed by atoms with E-state index in [-0.39, 0.29) is 17.4 Å². The molecular formula is C19H29NO6S. The molecule has 0 bridgehead atoms. The third-order valence-electron chi connectivity index (χ3n) is 4.72. The summed E-state index contributed by atoms with van der Waals surface area (Å²) in [5, 5.41) is 7.65. The maximum Gasteiger partial charge on any atom is 0.262 e. The average molecular weight is 400 g/mol. The lowest BCUT2D eigenvalue weighted by molar-refractivity contribution is -0.128. The van der Waals surface area contributed by atoms with E-state index >= 15 is 0 Å². The Kier molecular flexibility index (Phi) is 8.53. The molecule has 1 unspecified atom stereocenters. The molecule has 0 aromatic heterocycles. The number of hydrogen-bond acceptors (Lipinski definition) is 6. The first-order valence-electron chi connectivity index (χ1n) is 9.51. The van der Waals surface area contributed by atoms with Crippen LogP contribution < -0.4 is 10.2 Å². The Morgan fingerprint density at radius 1 is 1.22 bits per heavy atom. The third kappa shape index (κ3) is 6.19. The van der Waals surface area contributed by atoms with Crippen molar-refractivity contribution in [3.63, 3.8) is 0 Å². The average Bonchev–Trinajstić information content (AvgIpc) is 2.68. The maximum atomic E-state index is 12.9. The number of nitrogens with one attached hydrogen (secondary N) is 1. The first-order valence-corrected chi connectivity index (χ1v) is 11.1. The van der Waals surface area contributed by atoms with Gasteiger partial charge in [-0.25, -0.2) is 13.9 Å². The highest BCUT2D eigenvalue weighted by Gasteiger charge is 2.33. The van der Waals surface area contributed by atoms with Crippen molar-refractivity contribution in [2.75, 3.05) is 13.2 Å². The first kappa shape index (κ1) is 21.7. The molecule has 0 radical (unpaired) electrons. The number of hydrogen-bond donors (Lipinski definition) is 2. The monoisotopic (exact) mass is 399 g/mol. The second-order valence-electron chi connectivity index (χ2n) is 6.76. The van der Waals surface area contributed by atoms with E-state index in [1.807, 2.05) is 0 Å². The quantitative estimate of drug-likeness (QED) is 0.356. The van der Waals surface area contributed by atoms with Gasteiger partial charge < -0.3 is 9.47 Å². The molecule has 27 heavy (non-hydrogen) atoms. The Labute approximate surface area is 160 Å². The molecule has 7 nitrogen and oxygen atoms in total. The zero-order valence-electron chi connectivity index (χ0n) is 15.7. The van der Waals surface area contributed by atoms with Gasteiger partial charge in [-0.3, -0.25) is 10.0 Å². The summed E-state index contributed by atoms with van der Waals surface area (Å²) in [6.07, 6.45) is 5.29. The molecule has 1 fully saturated rings. The van der Waals surface area contributed by atoms with Crippen molar-refractivity contribution in [1.82, 2.24) is 5.48 Å². The predicted molar refractivity (Wildman–Crippen MR) is 101 cm³/mol. The van der Waals surface area contributed by atoms with Crippen LogP contribution in [0, 0.1) is 0 Å². The number of ether oxygens (including phenoxy) is 2. The minimum absolute atomic E-state index is 0.0471. The molecule has 1 heterocycles. The molecular weight excluding hydrogens is 370 g/mol. The number of sulfone groups is 1. The number of unbranched alkanes of at least 4 members (excludes halogenated alkanes) is 3. The van der Waals surface area contributed by atoms with E-state index in [2.05, 4.69) is 6.92 Å². The Balaban J connectivity index is 2.08. The van der Waals surface area contributed by atoms with Crippen LogP contribution in [0.3, 0.4) is 0 Å². The van der Waals surface area contributed by atoms with Crippen LogP contribution in [-0.2, 0) is 19.4 Å². The Morgan fingerprint density at radius 2 is 1.89 bits per heavy atom. The van der Waals surface area contributed by atoms with Gasteiger partial charge in [-0.15, -0.1) is 0 Å². The van der Waals surface area contributed by atoms with E-state index in [1.165, 1.54) is 17.6 Å². The minimum atomic E-state index is -3.90. The summed E-state index contributed by atoms with van der Waals surface area (Å²) < 4.78 is 36.9. The van der Waals surface area contributed by atoms with E-state index in [9.17, 15) is 13.2 Å². The largest absolute Gasteiger partial charge is 0.490 e. The Morgan fingerprint density at radius 3 is 2.48 bits per heavy atom. The van der Waals surface area contributed by atoms with Gasteiger partial charge in [-0.1, -0.05) is 32.6 Å². The van der Waals surface area contributed by atoms with Crippen molar-refractivity contribution >= 4 is 15.7 Å². The highest BCUT2D eigenvalue weighted by Crippen LogP contribution is 2.25. The van der Waals surface area contributed by atoms with Gasteiger partial charge >= 0.3 is 0 Å². The molecule has 2 rings (SSSR count). The number of benzene rings is 1. The molecule has 1 aromatic rings. The van der Waals surface area contributed by atoms with E-state index in [0.717, 1.165) is 32.1 Å². The fourth-order valence-corrected chi connectivity index (χ4v) is 4.77. The zero-order valence-corrected chi connectivity index (χ0v) is 16.5. The number of carbonyl (C=O) groups excluding carboxylic acids is 1. The summed E-state index contributed by atoms with van der Waals surface area (Å²) in [6.45, 7) is 3.37. The summed E-state index contributed by atoms with van der Waals surface area (Å²) in [5.41, 5.74) is 1.49. The lowest BCUT2D eigenvalue weighted by Crippen LogP contribution is -2.38. The molecule has 152 valence electrons. The van der Waals surface area contributed by atoms with Gasteiger partial charge in [0.25, 0.3) is 5.91 Å². The molecule has 1 atom stereocenters. The SMILES string of the molecule is CCCCCCC(C(=O)NO)S(=O)(=O)c1ccc(OC2CCOCC2)cc1. The van der Waals surface area contributed by atoms with Gasteiger partial charge in [0.15, 0.2) is 9.84 Å². The lowest BCUT2D eigenvalue weighted by atomic mass is 10.1. The summed E-state index contributed by atoms with van der Waals surface area (Å²) in [6, 6.07) is 6.11. The molecule has 1 amide bonds. The Bertz CT molecular complexity index is 683. The van der Waals surface area contributed by atoms with E-state index < -0.39 is 21.0 Å². The fourth-order valence-electron chi connectivity index (χ4n) is 3.11. The second-order valence-corrected chi connectivity index (χ2v) is 8.89. The standard InChI is InChI=1S/C19H29NO6S/c1-2-3-4-5-6-18(19(21)20-22)27(23,24)17-9-7-15(8-10-17)26-16-11-13-25-14-12-16/h7-10,16,18,22H,2-6,11-14H2,1H3,(H,20,21). The highest BCUT2D eigenvalue weighted by atomic mass is 32.2. The molecule has 0 saturated carbocycles. The van der Waals surface area contributed by atoms with Crippen molar-refractivity contribution in [3.05, 3.63) is 24.3 Å². The minimum Gasteiger partial charge on any atom is -0.490 e. The van der Waals surface area contributed by atoms with Crippen LogP contribution >= 0.6 is 0 Å². The molecule has 0 aliphatic carbocycles. The summed E-state index contributed by atoms with van der Waals surface area (Å²) >= 11 is 0. The molecule has 8 heteroatoms. The maximum absolute atomic E-state index is 12.9. The molecule has 2 N–H and O–H groups in total. The number of amides is 1. The van der Waals surface area contributed by atoms with Gasteiger partial charge in [0, 0.05) is 12.8 Å². The van der Waals surface area contributed by atoms with Gasteiger partial charge in [0.2, 0.25) is 0 Å². The normalized spacial score (nSPS) is 16.7. The van der Waals surface area contributed by atoms with Crippen LogP contribution in [0.15, 0.2) is 29.2 Å². The van der Waals surface area contributed by atoms with E-state index in [1.54, 1.807) is 12.1 Å². The van der Waals surface area contributed by atoms with Crippen LogP contribution in [-0.4, -0.2) is 44.1 Å². The molecule has 1 aliphatic rings. The van der Waals surface area contributed by atoms with Gasteiger partial charge in [0.1, 0.15) is 17.1 Å². The van der Waals surface area contributed by atoms with Crippen molar-refractivity contribution in [1.29, 1.82) is 0 Å². The van der Waals surface area contributed by atoms with Crippen LogP contribution in [0.4, 0.5) is 0 Å². The predicted octanol–water partition coefficient (Wildman–Crippen LogP) is 2.86. The molecule has 1 saturated heterocycles. The highest BCUT2D eigenvalue weighted by molar-refractivity contribution is 7.92. The van der Waals surface area contributed by atoms with E-state index in [4.69, 9.17) is 14.7 Å². The van der Waals surface area contributed by atoms with Crippen LogP contribution in [0.2, 0.25) is 0 Å². The summed E-state index contributed by atoms with van der Waals surface area (Å²) in [4.78, 5) is 12.0. The van der Waals surface area contributed by atoms with Crippen molar-refractivity contribution in [2.24, 2.45) is 0 Å². The summed E-state index contributed by atoms with van der Waals surface area (Å²) in [5.74, 6) is -0.305. The van der Waals surface area contributed by atoms with Gasteiger partial charge in [0.05, 0.1) is 18.1 Å². The van der Waals surface area contributed by atoms with Crippen molar-refractivity contribution in [2.45, 2.75) is 68.1 Å². The van der Waals surface area contributed by atoms with Crippen LogP contribution in [0.25, 0.3) is 0 Å². The first-order chi connectivity index (χ1) is 13.0. The Hall–Kier alpha value is -1.64. The van der Waals surface area contributed by atoms with Crippen LogP contribution in [0.1, 0.15) is 51.9 Å². The fraction of sp³-hybridized carbons (Fsp3) is 0.632. The lowest BCUT2D eigenvalue weighted by Gasteiger charge is -2.23. The second kappa shape index (κ2) is 10.6. The zero-order chi connectivity index (χ0) is 19.7. The van der Waals surface area contributed by atoms with Gasteiger partial charge in [-0.05, 0) is 30.7 Å². The number of hydroxylamine groups is 1. The molecule has 0 spiro atoms. The smallest absolute Gasteiger partial charge is 0.262 e. The summed E-state index contributed by atoms with van der Waals surface area (Å²) in [7, 11) is -3.90. The number of carbonyl (C=O) groups is 1. The number of rotatable bonds is 10. The topological polar surface area (TPSA) is 102 Å². The molecule has 1 aromatic carbocycles. The van der Waals surface area contributed by atoms with Crippen LogP contribution in [0.5, 0.6) is 5.75 Å². The third-order valence-corrected chi connectivity index (χ3v) is 6.85. The van der Waals surface area contributed by atoms with Crippen molar-refractivity contribution < 1.29 is 27.9 Å². The van der Waals surface area contributed by atoms with E-state index in [0.29, 0.717) is 25.4 Å². The molecule has 1 aliphatic heterocycles.